The molecule has 1 aliphatic carbocycles. The van der Waals surface area contributed by atoms with E-state index in [1.54, 1.807) is 0 Å². The highest BCUT2D eigenvalue weighted by atomic mass is 16.5. The minimum absolute atomic E-state index is 0.192. The van der Waals surface area contributed by atoms with E-state index in [4.69, 9.17) is 9.72 Å². The molecule has 5 heteroatoms. The van der Waals surface area contributed by atoms with Crippen molar-refractivity contribution in [1.82, 2.24) is 14.5 Å². The Morgan fingerprint density at radius 2 is 1.79 bits per heavy atom. The molecule has 0 N–H and O–H groups in total. The van der Waals surface area contributed by atoms with Gasteiger partial charge in [-0.25, -0.2) is 4.98 Å². The van der Waals surface area contributed by atoms with Gasteiger partial charge in [-0.1, -0.05) is 31.0 Å². The molecule has 2 aromatic carbocycles. The van der Waals surface area contributed by atoms with Gasteiger partial charge in [0.05, 0.1) is 17.6 Å². The summed E-state index contributed by atoms with van der Waals surface area (Å²) in [5.74, 6) is 2.54. The van der Waals surface area contributed by atoms with Gasteiger partial charge in [-0.05, 0) is 74.9 Å². The maximum atomic E-state index is 12.8. The lowest BCUT2D eigenvalue weighted by Crippen LogP contribution is -2.34. The van der Waals surface area contributed by atoms with E-state index in [-0.39, 0.29) is 5.92 Å². The van der Waals surface area contributed by atoms with Crippen molar-refractivity contribution in [3.63, 3.8) is 0 Å². The summed E-state index contributed by atoms with van der Waals surface area (Å²) in [5, 5.41) is 0. The third-order valence-electron chi connectivity index (χ3n) is 7.21. The number of rotatable bonds is 8. The topological polar surface area (TPSA) is 47.4 Å². The number of nitrogens with zero attached hydrogens (tertiary/aromatic N) is 3. The summed E-state index contributed by atoms with van der Waals surface area (Å²) in [6.07, 6.45) is 7.42. The number of carbonyl (C=O) groups is 1. The number of likely N-dealkylation sites (tertiary alicyclic amines) is 1. The van der Waals surface area contributed by atoms with E-state index in [1.807, 2.05) is 6.07 Å². The summed E-state index contributed by atoms with van der Waals surface area (Å²) in [6.45, 7) is 6.64. The van der Waals surface area contributed by atoms with Gasteiger partial charge in [0, 0.05) is 31.5 Å². The average molecular weight is 446 g/mol. The van der Waals surface area contributed by atoms with Crippen molar-refractivity contribution in [3.05, 3.63) is 59.4 Å². The fraction of sp³-hybridized carbons (Fsp3) is 0.500. The molecule has 33 heavy (non-hydrogen) atoms. The van der Waals surface area contributed by atoms with Crippen LogP contribution in [-0.4, -0.2) is 39.6 Å². The molecule has 1 amide bonds. The fourth-order valence-electron chi connectivity index (χ4n) is 5.69. The number of unbranched alkanes of at least 4 members (excludes halogenated alkanes) is 1. The number of aryl methyl sites for hydroxylation is 3. The second-order valence-corrected chi connectivity index (χ2v) is 9.87. The molecule has 2 fully saturated rings. The molecule has 5 nitrogen and oxygen atoms in total. The van der Waals surface area contributed by atoms with Crippen molar-refractivity contribution in [2.75, 3.05) is 13.2 Å². The molecule has 0 bridgehead atoms. The fourth-order valence-corrected chi connectivity index (χ4v) is 5.69. The largest absolute Gasteiger partial charge is 0.494 e. The van der Waals surface area contributed by atoms with E-state index in [0.29, 0.717) is 25.0 Å². The van der Waals surface area contributed by atoms with Gasteiger partial charge >= 0.3 is 0 Å². The summed E-state index contributed by atoms with van der Waals surface area (Å²) < 4.78 is 8.38. The molecule has 3 aromatic rings. The Kier molecular flexibility index (Phi) is 6.39. The highest BCUT2D eigenvalue weighted by Crippen LogP contribution is 2.35. The lowest BCUT2D eigenvalue weighted by Gasteiger charge is -2.24. The number of imidazole rings is 1. The Morgan fingerprint density at radius 1 is 1.03 bits per heavy atom. The van der Waals surface area contributed by atoms with Crippen LogP contribution in [0.2, 0.25) is 0 Å². The van der Waals surface area contributed by atoms with Gasteiger partial charge in [0.2, 0.25) is 5.91 Å². The van der Waals surface area contributed by atoms with Gasteiger partial charge in [-0.3, -0.25) is 4.79 Å². The zero-order chi connectivity index (χ0) is 22.8. The molecule has 1 saturated carbocycles. The van der Waals surface area contributed by atoms with Crippen LogP contribution in [0.4, 0.5) is 0 Å². The van der Waals surface area contributed by atoms with Crippen LogP contribution >= 0.6 is 0 Å². The molecular formula is C28H35N3O2. The van der Waals surface area contributed by atoms with E-state index >= 15 is 0 Å². The van der Waals surface area contributed by atoms with Crippen LogP contribution in [0.25, 0.3) is 11.0 Å². The second-order valence-electron chi connectivity index (χ2n) is 9.87. The van der Waals surface area contributed by atoms with Crippen molar-refractivity contribution in [3.8, 4) is 5.75 Å². The number of ether oxygens (including phenoxy) is 1. The van der Waals surface area contributed by atoms with E-state index < -0.39 is 0 Å². The highest BCUT2D eigenvalue weighted by molar-refractivity contribution is 5.81. The molecule has 2 aliphatic rings. The second kappa shape index (κ2) is 9.58. The van der Waals surface area contributed by atoms with Gasteiger partial charge in [0.25, 0.3) is 0 Å². The number of carbonyl (C=O) groups excluding carboxylic acids is 1. The molecule has 2 heterocycles. The molecule has 1 aliphatic heterocycles. The average Bonchev–Trinajstić information content (AvgIpc) is 3.51. The van der Waals surface area contributed by atoms with Gasteiger partial charge in [-0.2, -0.15) is 0 Å². The minimum Gasteiger partial charge on any atom is -0.494 e. The summed E-state index contributed by atoms with van der Waals surface area (Å²) in [4.78, 5) is 20.0. The van der Waals surface area contributed by atoms with Gasteiger partial charge in [0.1, 0.15) is 11.6 Å². The SMILES string of the molecule is Cc1cc(C)cc(OCCCCn2c(C3CC(=O)N(C4CCCC4)C3)nc3ccccc32)c1. The van der Waals surface area contributed by atoms with Crippen molar-refractivity contribution in [2.45, 2.75) is 77.3 Å². The number of fused-ring (bicyclic) bond motifs is 1. The van der Waals surface area contributed by atoms with Crippen LogP contribution in [0.15, 0.2) is 42.5 Å². The van der Waals surface area contributed by atoms with Crippen molar-refractivity contribution in [2.24, 2.45) is 0 Å². The normalized spacial score (nSPS) is 19.2. The molecule has 0 spiro atoms. The van der Waals surface area contributed by atoms with E-state index in [0.717, 1.165) is 55.9 Å². The molecule has 1 unspecified atom stereocenters. The minimum atomic E-state index is 0.192. The predicted molar refractivity (Wildman–Crippen MR) is 132 cm³/mol. The first-order valence-corrected chi connectivity index (χ1v) is 12.5. The van der Waals surface area contributed by atoms with E-state index in [1.165, 1.54) is 29.5 Å². The van der Waals surface area contributed by atoms with E-state index in [2.05, 4.69) is 59.7 Å². The first-order chi connectivity index (χ1) is 16.1. The summed E-state index contributed by atoms with van der Waals surface area (Å²) >= 11 is 0. The Hall–Kier alpha value is -2.82. The van der Waals surface area contributed by atoms with Crippen LogP contribution < -0.4 is 4.74 Å². The quantitative estimate of drug-likeness (QED) is 0.414. The standard InChI is InChI=1S/C28H35N3O2/c1-20-15-21(2)17-24(16-20)33-14-8-7-13-30-26-12-6-5-11-25(26)29-28(30)22-18-27(32)31(19-22)23-9-3-4-10-23/h5-6,11-12,15-17,22-23H,3-4,7-10,13-14,18-19H2,1-2H3. The lowest BCUT2D eigenvalue weighted by atomic mass is 10.1. The Morgan fingerprint density at radius 3 is 2.58 bits per heavy atom. The van der Waals surface area contributed by atoms with E-state index in [9.17, 15) is 4.79 Å². The third-order valence-corrected chi connectivity index (χ3v) is 7.21. The Balaban J connectivity index is 1.26. The first kappa shape index (κ1) is 22.0. The molecule has 5 rings (SSSR count). The molecule has 1 saturated heterocycles. The zero-order valence-electron chi connectivity index (χ0n) is 19.9. The number of amides is 1. The number of hydrogen-bond donors (Lipinski definition) is 0. The lowest BCUT2D eigenvalue weighted by molar-refractivity contribution is -0.129. The maximum absolute atomic E-state index is 12.8. The molecule has 1 aromatic heterocycles. The molecule has 1 atom stereocenters. The number of aromatic nitrogens is 2. The number of hydrogen-bond acceptors (Lipinski definition) is 3. The Labute approximate surface area is 196 Å². The van der Waals surface area contributed by atoms with Crippen LogP contribution in [0.3, 0.4) is 0 Å². The predicted octanol–water partition coefficient (Wildman–Crippen LogP) is 5.77. The zero-order valence-corrected chi connectivity index (χ0v) is 19.9. The van der Waals surface area contributed by atoms with Gasteiger partial charge < -0.3 is 14.2 Å². The summed E-state index contributed by atoms with van der Waals surface area (Å²) in [6, 6.07) is 15.2. The van der Waals surface area contributed by atoms with Crippen LogP contribution in [-0.2, 0) is 11.3 Å². The highest BCUT2D eigenvalue weighted by Gasteiger charge is 2.38. The van der Waals surface area contributed by atoms with Gasteiger partial charge in [-0.15, -0.1) is 0 Å². The first-order valence-electron chi connectivity index (χ1n) is 12.5. The molecule has 0 radical (unpaired) electrons. The van der Waals surface area contributed by atoms with Crippen molar-refractivity contribution < 1.29 is 9.53 Å². The number of para-hydroxylation sites is 2. The smallest absolute Gasteiger partial charge is 0.223 e. The number of benzene rings is 2. The molecule has 174 valence electrons. The molecular weight excluding hydrogens is 410 g/mol. The summed E-state index contributed by atoms with van der Waals surface area (Å²) in [5.41, 5.74) is 4.68. The Bertz CT molecular complexity index is 1110. The van der Waals surface area contributed by atoms with Crippen LogP contribution in [0.1, 0.15) is 67.8 Å². The van der Waals surface area contributed by atoms with Crippen molar-refractivity contribution >= 4 is 16.9 Å². The third kappa shape index (κ3) is 4.78. The summed E-state index contributed by atoms with van der Waals surface area (Å²) in [7, 11) is 0. The van der Waals surface area contributed by atoms with Crippen LogP contribution in [0.5, 0.6) is 5.75 Å². The maximum Gasteiger partial charge on any atom is 0.223 e. The monoisotopic (exact) mass is 445 g/mol. The van der Waals surface area contributed by atoms with Crippen LogP contribution in [0, 0.1) is 13.8 Å². The van der Waals surface area contributed by atoms with Crippen molar-refractivity contribution in [1.29, 1.82) is 0 Å². The van der Waals surface area contributed by atoms with Gasteiger partial charge in [0.15, 0.2) is 0 Å².